The van der Waals surface area contributed by atoms with Crippen LogP contribution in [0.4, 0.5) is 5.88 Å². The zero-order valence-corrected chi connectivity index (χ0v) is 16.6. The highest BCUT2D eigenvalue weighted by Crippen LogP contribution is 2.17. The average Bonchev–Trinajstić information content (AvgIpc) is 3.00. The maximum Gasteiger partial charge on any atom is 0.433 e. The number of nitrogens with one attached hydrogen (secondary N) is 2. The largest absolute Gasteiger partial charge is 0.433 e. The smallest absolute Gasteiger partial charge is 0.403 e. The summed E-state index contributed by atoms with van der Waals surface area (Å²) >= 11 is 0. The van der Waals surface area contributed by atoms with Crippen LogP contribution in [0, 0.1) is 10.1 Å². The molecule has 2 N–H and O–H groups in total. The van der Waals surface area contributed by atoms with Gasteiger partial charge < -0.3 is 14.5 Å². The minimum Gasteiger partial charge on any atom is -0.403 e. The molecule has 8 heteroatoms. The molecule has 0 atom stereocenters. The first kappa shape index (κ1) is 22.6. The molecule has 1 rings (SSSR count). The van der Waals surface area contributed by atoms with Crippen molar-refractivity contribution in [2.24, 2.45) is 0 Å². The summed E-state index contributed by atoms with van der Waals surface area (Å²) in [5.74, 6) is 0.193. The summed E-state index contributed by atoms with van der Waals surface area (Å²) in [6.45, 7) is 12.7. The van der Waals surface area contributed by atoms with Gasteiger partial charge in [0.1, 0.15) is 17.3 Å². The monoisotopic (exact) mass is 371 g/mol. The fraction of sp³-hybridized carbons (Fsp3) is 0.778. The van der Waals surface area contributed by atoms with Crippen molar-refractivity contribution in [3.05, 3.63) is 28.0 Å². The number of hydrogen-bond acceptors (Lipinski definition) is 7. The van der Waals surface area contributed by atoms with Crippen LogP contribution in [0.1, 0.15) is 59.6 Å². The van der Waals surface area contributed by atoms with Crippen LogP contribution >= 0.6 is 0 Å². The van der Waals surface area contributed by atoms with Crippen molar-refractivity contribution in [1.29, 1.82) is 0 Å². The lowest BCUT2D eigenvalue weighted by Crippen LogP contribution is -2.44. The molecule has 0 aliphatic carbocycles. The Hall–Kier alpha value is -1.48. The van der Waals surface area contributed by atoms with Gasteiger partial charge in [-0.3, -0.25) is 15.0 Å². The highest BCUT2D eigenvalue weighted by molar-refractivity contribution is 5.17. The number of ether oxygens (including phenoxy) is 1. The van der Waals surface area contributed by atoms with Gasteiger partial charge in [0.15, 0.2) is 0 Å². The maximum absolute atomic E-state index is 10.6. The van der Waals surface area contributed by atoms with E-state index in [0.717, 1.165) is 25.8 Å². The average molecular weight is 371 g/mol. The first-order valence-electron chi connectivity index (χ1n) is 9.10. The van der Waals surface area contributed by atoms with Crippen molar-refractivity contribution < 1.29 is 18.9 Å². The number of hydrogen-bond donors (Lipinski definition) is 2. The van der Waals surface area contributed by atoms with E-state index in [9.17, 15) is 10.1 Å². The molecule has 0 unspecified atom stereocenters. The zero-order chi connectivity index (χ0) is 19.6. The highest BCUT2D eigenvalue weighted by atomic mass is 16.7. The van der Waals surface area contributed by atoms with Gasteiger partial charge in [-0.25, -0.2) is 0 Å². The van der Waals surface area contributed by atoms with E-state index >= 15 is 0 Å². The molecule has 0 aromatic carbocycles. The van der Waals surface area contributed by atoms with Gasteiger partial charge in [0.2, 0.25) is 0 Å². The number of hydroxylamine groups is 1. The summed E-state index contributed by atoms with van der Waals surface area (Å²) in [6.07, 6.45) is 2.96. The summed E-state index contributed by atoms with van der Waals surface area (Å²) in [5, 5.41) is 14.0. The number of furan rings is 1. The first-order chi connectivity index (χ1) is 12.2. The topological polar surface area (TPSA) is 98.8 Å². The molecule has 1 heterocycles. The Morgan fingerprint density at radius 1 is 1.15 bits per heavy atom. The summed E-state index contributed by atoms with van der Waals surface area (Å²) in [6, 6.07) is 2.89. The van der Waals surface area contributed by atoms with Crippen LogP contribution in [0.3, 0.4) is 0 Å². The lowest BCUT2D eigenvalue weighted by Gasteiger charge is -2.28. The third-order valence-corrected chi connectivity index (χ3v) is 3.97. The lowest BCUT2D eigenvalue weighted by atomic mass is 10.0. The predicted molar refractivity (Wildman–Crippen MR) is 99.8 cm³/mol. The van der Waals surface area contributed by atoms with E-state index in [1.165, 1.54) is 6.07 Å². The lowest BCUT2D eigenvalue weighted by molar-refractivity contribution is -0.402. The highest BCUT2D eigenvalue weighted by Gasteiger charge is 2.18. The fourth-order valence-electron chi connectivity index (χ4n) is 2.49. The van der Waals surface area contributed by atoms with Crippen molar-refractivity contribution in [2.75, 3.05) is 19.8 Å². The number of nitro groups is 1. The van der Waals surface area contributed by atoms with E-state index < -0.39 is 4.92 Å². The summed E-state index contributed by atoms with van der Waals surface area (Å²) < 4.78 is 10.6. The van der Waals surface area contributed by atoms with E-state index in [0.29, 0.717) is 19.0 Å². The molecular weight excluding hydrogens is 338 g/mol. The molecule has 0 amide bonds. The molecule has 1 aromatic heterocycles. The minimum atomic E-state index is -0.559. The maximum atomic E-state index is 10.6. The molecule has 0 spiro atoms. The second kappa shape index (κ2) is 10.6. The molecule has 0 saturated carbocycles. The van der Waals surface area contributed by atoms with Crippen LogP contribution < -0.4 is 10.8 Å². The minimum absolute atomic E-state index is 0.0148. The molecule has 8 nitrogen and oxygen atoms in total. The molecule has 0 aliphatic rings. The van der Waals surface area contributed by atoms with Crippen LogP contribution in [0.15, 0.2) is 16.5 Å². The van der Waals surface area contributed by atoms with Crippen molar-refractivity contribution in [1.82, 2.24) is 10.8 Å². The summed E-state index contributed by atoms with van der Waals surface area (Å²) in [5.41, 5.74) is 2.99. The van der Waals surface area contributed by atoms with Crippen molar-refractivity contribution in [2.45, 2.75) is 71.6 Å². The van der Waals surface area contributed by atoms with Crippen LogP contribution in [0.2, 0.25) is 0 Å². The first-order valence-corrected chi connectivity index (χ1v) is 9.10. The predicted octanol–water partition coefficient (Wildman–Crippen LogP) is 3.56. The Bertz CT molecular complexity index is 543. The Kier molecular flexibility index (Phi) is 9.21. The summed E-state index contributed by atoms with van der Waals surface area (Å²) in [7, 11) is 0. The third kappa shape index (κ3) is 9.28. The Morgan fingerprint density at radius 3 is 2.50 bits per heavy atom. The van der Waals surface area contributed by atoms with Crippen molar-refractivity contribution in [3.8, 4) is 0 Å². The van der Waals surface area contributed by atoms with Gasteiger partial charge in [-0.15, -0.1) is 0 Å². The van der Waals surface area contributed by atoms with Gasteiger partial charge in [0.05, 0.1) is 12.7 Å². The molecule has 150 valence electrons. The Morgan fingerprint density at radius 2 is 1.88 bits per heavy atom. The second-order valence-corrected chi connectivity index (χ2v) is 7.69. The van der Waals surface area contributed by atoms with Gasteiger partial charge >= 0.3 is 5.88 Å². The van der Waals surface area contributed by atoms with Gasteiger partial charge in [0, 0.05) is 24.2 Å². The Labute approximate surface area is 155 Å². The molecule has 26 heavy (non-hydrogen) atoms. The summed E-state index contributed by atoms with van der Waals surface area (Å²) in [4.78, 5) is 15.5. The normalized spacial score (nSPS) is 12.5. The molecule has 0 fully saturated rings. The van der Waals surface area contributed by atoms with Crippen LogP contribution in [-0.2, 0) is 16.2 Å². The van der Waals surface area contributed by atoms with Crippen molar-refractivity contribution in [3.63, 3.8) is 0 Å². The van der Waals surface area contributed by atoms with Gasteiger partial charge in [0.25, 0.3) is 0 Å². The standard InChI is InChI=1S/C18H33N3O5/c1-6-9-18(4,5)20-25-13-11-19-17(2,3)10-12-24-14-15-7-8-16(26-15)21(22)23/h7-8,19-20H,6,9-14H2,1-5H3. The van der Waals surface area contributed by atoms with E-state index in [1.54, 1.807) is 6.07 Å². The molecule has 0 saturated heterocycles. The van der Waals surface area contributed by atoms with E-state index in [4.69, 9.17) is 14.0 Å². The van der Waals surface area contributed by atoms with Gasteiger partial charge in [-0.2, -0.15) is 5.48 Å². The molecule has 0 radical (unpaired) electrons. The fourth-order valence-corrected chi connectivity index (χ4v) is 2.49. The number of rotatable bonds is 14. The van der Waals surface area contributed by atoms with E-state index in [2.05, 4.69) is 45.4 Å². The SMILES string of the molecule is CCCC(C)(C)NOCCNC(C)(C)CCOCc1ccc([N+](=O)[O-])o1. The van der Waals surface area contributed by atoms with Gasteiger partial charge in [-0.05, 0) is 46.6 Å². The van der Waals surface area contributed by atoms with E-state index in [-0.39, 0.29) is 23.6 Å². The van der Waals surface area contributed by atoms with Crippen LogP contribution in [0.5, 0.6) is 0 Å². The molecule has 1 aromatic rings. The van der Waals surface area contributed by atoms with E-state index in [1.807, 2.05) is 0 Å². The van der Waals surface area contributed by atoms with Gasteiger partial charge in [-0.1, -0.05) is 13.3 Å². The third-order valence-electron chi connectivity index (χ3n) is 3.97. The Balaban J connectivity index is 2.14. The van der Waals surface area contributed by atoms with Crippen LogP contribution in [0.25, 0.3) is 0 Å². The molecule has 0 aliphatic heterocycles. The van der Waals surface area contributed by atoms with Crippen LogP contribution in [-0.4, -0.2) is 35.8 Å². The zero-order valence-electron chi connectivity index (χ0n) is 16.6. The number of nitrogens with zero attached hydrogens (tertiary/aromatic N) is 1. The molecule has 0 bridgehead atoms. The molecular formula is C18H33N3O5. The quantitative estimate of drug-likeness (QED) is 0.293. The second-order valence-electron chi connectivity index (χ2n) is 7.69. The van der Waals surface area contributed by atoms with Crippen molar-refractivity contribution >= 4 is 5.88 Å².